The Balaban J connectivity index is 1.85. The zero-order valence-electron chi connectivity index (χ0n) is 10.7. The van der Waals surface area contributed by atoms with Crippen molar-refractivity contribution in [1.82, 2.24) is 9.97 Å². The number of nitrogens with zero attached hydrogens (tertiary/aromatic N) is 2. The van der Waals surface area contributed by atoms with E-state index in [0.717, 1.165) is 11.0 Å². The van der Waals surface area contributed by atoms with Crippen LogP contribution in [-0.2, 0) is 0 Å². The lowest BCUT2D eigenvalue weighted by Crippen LogP contribution is -2.11. The molecule has 7 heteroatoms. The number of rotatable bonds is 3. The second-order valence-corrected chi connectivity index (χ2v) is 4.40. The smallest absolute Gasteiger partial charge is 0.271 e. The lowest BCUT2D eigenvalue weighted by Gasteiger charge is -2.05. The van der Waals surface area contributed by atoms with Crippen LogP contribution in [0.4, 0.5) is 11.4 Å². The van der Waals surface area contributed by atoms with Gasteiger partial charge in [-0.15, -0.1) is 0 Å². The SMILES string of the molecule is O=C(Nc1cccc([N+](=O)[O-])c1)c1ccc2nc[nH]c2c1. The van der Waals surface area contributed by atoms with Gasteiger partial charge < -0.3 is 10.3 Å². The van der Waals surface area contributed by atoms with Gasteiger partial charge in [-0.3, -0.25) is 14.9 Å². The third kappa shape index (κ3) is 2.57. The number of carbonyl (C=O) groups is 1. The quantitative estimate of drug-likeness (QED) is 0.569. The highest BCUT2D eigenvalue weighted by molar-refractivity contribution is 6.06. The highest BCUT2D eigenvalue weighted by atomic mass is 16.6. The third-order valence-corrected chi connectivity index (χ3v) is 3.00. The van der Waals surface area contributed by atoms with E-state index in [1.807, 2.05) is 0 Å². The van der Waals surface area contributed by atoms with Gasteiger partial charge in [0.05, 0.1) is 22.3 Å². The minimum atomic E-state index is -0.508. The summed E-state index contributed by atoms with van der Waals surface area (Å²) in [5.41, 5.74) is 2.26. The Morgan fingerprint density at radius 3 is 2.90 bits per heavy atom. The molecule has 1 amide bonds. The molecule has 0 aliphatic heterocycles. The van der Waals surface area contributed by atoms with Crippen molar-refractivity contribution in [3.63, 3.8) is 0 Å². The van der Waals surface area contributed by atoms with Crippen molar-refractivity contribution in [3.05, 3.63) is 64.5 Å². The molecule has 3 rings (SSSR count). The molecule has 0 atom stereocenters. The Labute approximate surface area is 118 Å². The first kappa shape index (κ1) is 12.8. The first-order chi connectivity index (χ1) is 10.1. The Kier molecular flexibility index (Phi) is 3.07. The number of benzene rings is 2. The monoisotopic (exact) mass is 282 g/mol. The number of hydrogen-bond donors (Lipinski definition) is 2. The number of non-ortho nitro benzene ring substituents is 1. The van der Waals surface area contributed by atoms with Crippen molar-refractivity contribution in [2.45, 2.75) is 0 Å². The molecule has 0 spiro atoms. The molecule has 21 heavy (non-hydrogen) atoms. The topological polar surface area (TPSA) is 101 Å². The van der Waals surface area contributed by atoms with Crippen molar-refractivity contribution in [1.29, 1.82) is 0 Å². The van der Waals surface area contributed by atoms with Crippen molar-refractivity contribution in [2.24, 2.45) is 0 Å². The predicted octanol–water partition coefficient (Wildman–Crippen LogP) is 2.72. The second-order valence-electron chi connectivity index (χ2n) is 4.40. The van der Waals surface area contributed by atoms with E-state index in [4.69, 9.17) is 0 Å². The summed E-state index contributed by atoms with van der Waals surface area (Å²) in [6.45, 7) is 0. The number of H-pyrrole nitrogens is 1. The van der Waals surface area contributed by atoms with Crippen LogP contribution < -0.4 is 5.32 Å². The van der Waals surface area contributed by atoms with Gasteiger partial charge in [0.15, 0.2) is 0 Å². The fourth-order valence-electron chi connectivity index (χ4n) is 1.98. The summed E-state index contributed by atoms with van der Waals surface area (Å²) in [5.74, 6) is -0.341. The number of hydrogen-bond acceptors (Lipinski definition) is 4. The first-order valence-electron chi connectivity index (χ1n) is 6.12. The van der Waals surface area contributed by atoms with Crippen LogP contribution in [-0.4, -0.2) is 20.8 Å². The molecule has 7 nitrogen and oxygen atoms in total. The molecule has 104 valence electrons. The van der Waals surface area contributed by atoms with E-state index in [0.29, 0.717) is 11.3 Å². The number of imidazole rings is 1. The predicted molar refractivity (Wildman–Crippen MR) is 77.1 cm³/mol. The van der Waals surface area contributed by atoms with Crippen LogP contribution in [0.5, 0.6) is 0 Å². The summed E-state index contributed by atoms with van der Waals surface area (Å²) in [4.78, 5) is 29.3. The fourth-order valence-corrected chi connectivity index (χ4v) is 1.98. The van der Waals surface area contributed by atoms with Crippen LogP contribution >= 0.6 is 0 Å². The van der Waals surface area contributed by atoms with Crippen molar-refractivity contribution < 1.29 is 9.72 Å². The Morgan fingerprint density at radius 1 is 1.24 bits per heavy atom. The van der Waals surface area contributed by atoms with Crippen LogP contribution in [0.1, 0.15) is 10.4 Å². The minimum absolute atomic E-state index is 0.0724. The number of aromatic amines is 1. The maximum atomic E-state index is 12.1. The van der Waals surface area contributed by atoms with E-state index in [2.05, 4.69) is 15.3 Å². The largest absolute Gasteiger partial charge is 0.345 e. The number of nitrogens with one attached hydrogen (secondary N) is 2. The zero-order valence-corrected chi connectivity index (χ0v) is 10.7. The molecule has 2 N–H and O–H groups in total. The van der Waals surface area contributed by atoms with Gasteiger partial charge in [-0.2, -0.15) is 0 Å². The molecule has 0 saturated carbocycles. The number of aromatic nitrogens is 2. The molecule has 0 radical (unpaired) electrons. The molecule has 2 aromatic carbocycles. The Bertz CT molecular complexity index is 841. The second kappa shape index (κ2) is 5.04. The minimum Gasteiger partial charge on any atom is -0.345 e. The summed E-state index contributed by atoms with van der Waals surface area (Å²) in [5, 5.41) is 13.3. The van der Waals surface area contributed by atoms with Crippen molar-refractivity contribution >= 4 is 28.3 Å². The zero-order chi connectivity index (χ0) is 14.8. The number of amides is 1. The molecule has 0 aliphatic carbocycles. The van der Waals surface area contributed by atoms with Gasteiger partial charge in [0.1, 0.15) is 0 Å². The molecule has 0 aliphatic rings. The normalized spacial score (nSPS) is 10.5. The lowest BCUT2D eigenvalue weighted by molar-refractivity contribution is -0.384. The highest BCUT2D eigenvalue weighted by Gasteiger charge is 2.10. The van der Waals surface area contributed by atoms with E-state index < -0.39 is 4.92 Å². The van der Waals surface area contributed by atoms with E-state index in [1.54, 1.807) is 30.6 Å². The summed E-state index contributed by atoms with van der Waals surface area (Å²) < 4.78 is 0. The van der Waals surface area contributed by atoms with E-state index >= 15 is 0 Å². The third-order valence-electron chi connectivity index (χ3n) is 3.00. The Hall–Kier alpha value is -3.22. The van der Waals surface area contributed by atoms with Gasteiger partial charge in [0, 0.05) is 23.4 Å². The molecule has 0 unspecified atom stereocenters. The van der Waals surface area contributed by atoms with Gasteiger partial charge in [-0.05, 0) is 24.3 Å². The fraction of sp³-hybridized carbons (Fsp3) is 0. The standard InChI is InChI=1S/C14H10N4O3/c19-14(9-4-5-12-13(6-9)16-8-15-12)17-10-2-1-3-11(7-10)18(20)21/h1-8H,(H,15,16)(H,17,19). The summed E-state index contributed by atoms with van der Waals surface area (Å²) in [7, 11) is 0. The van der Waals surface area contributed by atoms with Gasteiger partial charge in [0.2, 0.25) is 0 Å². The van der Waals surface area contributed by atoms with Crippen molar-refractivity contribution in [2.75, 3.05) is 5.32 Å². The molecule has 0 fully saturated rings. The summed E-state index contributed by atoms with van der Waals surface area (Å²) in [6, 6.07) is 10.9. The van der Waals surface area contributed by atoms with E-state index in [1.165, 1.54) is 18.2 Å². The van der Waals surface area contributed by atoms with Crippen LogP contribution in [0.3, 0.4) is 0 Å². The molecule has 3 aromatic rings. The Morgan fingerprint density at radius 2 is 2.10 bits per heavy atom. The molecular weight excluding hydrogens is 272 g/mol. The van der Waals surface area contributed by atoms with E-state index in [9.17, 15) is 14.9 Å². The first-order valence-corrected chi connectivity index (χ1v) is 6.12. The van der Waals surface area contributed by atoms with Gasteiger partial charge in [-0.1, -0.05) is 6.07 Å². The average molecular weight is 282 g/mol. The van der Waals surface area contributed by atoms with Crippen molar-refractivity contribution in [3.8, 4) is 0 Å². The lowest BCUT2D eigenvalue weighted by atomic mass is 10.2. The summed E-state index contributed by atoms with van der Waals surface area (Å²) in [6.07, 6.45) is 1.55. The van der Waals surface area contributed by atoms with Gasteiger partial charge in [0.25, 0.3) is 11.6 Å². The van der Waals surface area contributed by atoms with Crippen LogP contribution in [0.25, 0.3) is 11.0 Å². The van der Waals surface area contributed by atoms with Gasteiger partial charge >= 0.3 is 0 Å². The van der Waals surface area contributed by atoms with Crippen LogP contribution in [0.2, 0.25) is 0 Å². The average Bonchev–Trinajstić information content (AvgIpc) is 2.94. The number of fused-ring (bicyclic) bond motifs is 1. The number of carbonyl (C=O) groups excluding carboxylic acids is 1. The van der Waals surface area contributed by atoms with Crippen LogP contribution in [0.15, 0.2) is 48.8 Å². The van der Waals surface area contributed by atoms with Crippen LogP contribution in [0, 0.1) is 10.1 Å². The highest BCUT2D eigenvalue weighted by Crippen LogP contribution is 2.18. The number of nitro groups is 1. The number of anilines is 1. The maximum Gasteiger partial charge on any atom is 0.271 e. The molecular formula is C14H10N4O3. The molecule has 0 saturated heterocycles. The van der Waals surface area contributed by atoms with Gasteiger partial charge in [-0.25, -0.2) is 4.98 Å². The van der Waals surface area contributed by atoms with E-state index in [-0.39, 0.29) is 11.6 Å². The maximum absolute atomic E-state index is 12.1. The molecule has 1 heterocycles. The molecule has 1 aromatic heterocycles. The summed E-state index contributed by atoms with van der Waals surface area (Å²) >= 11 is 0. The number of nitro benzene ring substituents is 1. The molecule has 0 bridgehead atoms.